The molecule has 0 fully saturated rings. The average molecular weight is 305 g/mol. The van der Waals surface area contributed by atoms with Crippen molar-refractivity contribution in [1.82, 2.24) is 9.97 Å². The van der Waals surface area contributed by atoms with Crippen molar-refractivity contribution in [3.63, 3.8) is 0 Å². The molecule has 0 aliphatic carbocycles. The van der Waals surface area contributed by atoms with E-state index in [2.05, 4.69) is 28.3 Å². The molecule has 21 heavy (non-hydrogen) atoms. The molecule has 0 aliphatic heterocycles. The summed E-state index contributed by atoms with van der Waals surface area (Å²) in [6, 6.07) is 2.39. The van der Waals surface area contributed by atoms with Gasteiger partial charge in [-0.3, -0.25) is 4.79 Å². The Kier molecular flexibility index (Phi) is 4.90. The van der Waals surface area contributed by atoms with Gasteiger partial charge in [0.2, 0.25) is 5.91 Å². The number of amides is 1. The maximum absolute atomic E-state index is 12.1. The molecule has 0 spiro atoms. The second kappa shape index (κ2) is 6.67. The molecule has 5 nitrogen and oxygen atoms in total. The minimum atomic E-state index is -0.0252. The van der Waals surface area contributed by atoms with E-state index in [0.717, 1.165) is 6.42 Å². The number of nitrogens with one attached hydrogen (secondary N) is 1. The fraction of sp³-hybridized carbons (Fsp3) is 0.400. The van der Waals surface area contributed by atoms with Gasteiger partial charge in [-0.15, -0.1) is 11.3 Å². The van der Waals surface area contributed by atoms with Crippen LogP contribution >= 0.6 is 11.3 Å². The van der Waals surface area contributed by atoms with Crippen LogP contribution in [0, 0.1) is 20.8 Å². The zero-order chi connectivity index (χ0) is 15.4. The largest absolute Gasteiger partial charge is 0.467 e. The third-order valence-corrected chi connectivity index (χ3v) is 4.33. The molecule has 0 aliphatic rings. The van der Waals surface area contributed by atoms with E-state index in [0.29, 0.717) is 29.5 Å². The number of anilines is 1. The molecule has 0 saturated carbocycles. The standard InChI is InChI=1S/C15H19N3O2S/c1-9-7-8-21-12(9)5-6-13(19)18-14-10(2)16-15(20-4)17-11(14)3/h7-8H,5-6H2,1-4H3,(H,18,19). The van der Waals surface area contributed by atoms with Gasteiger partial charge in [0, 0.05) is 11.3 Å². The summed E-state index contributed by atoms with van der Waals surface area (Å²) in [5.41, 5.74) is 3.33. The molecule has 2 rings (SSSR count). The fourth-order valence-electron chi connectivity index (χ4n) is 2.05. The van der Waals surface area contributed by atoms with Crippen LogP contribution < -0.4 is 10.1 Å². The molecule has 2 aromatic heterocycles. The summed E-state index contributed by atoms with van der Waals surface area (Å²) in [7, 11) is 1.52. The molecule has 0 saturated heterocycles. The number of rotatable bonds is 5. The summed E-state index contributed by atoms with van der Waals surface area (Å²) in [5, 5.41) is 4.95. The summed E-state index contributed by atoms with van der Waals surface area (Å²) in [4.78, 5) is 21.7. The Labute approximate surface area is 128 Å². The van der Waals surface area contributed by atoms with Crippen molar-refractivity contribution >= 4 is 22.9 Å². The highest BCUT2D eigenvalue weighted by atomic mass is 32.1. The van der Waals surface area contributed by atoms with Gasteiger partial charge < -0.3 is 10.1 Å². The van der Waals surface area contributed by atoms with Crippen LogP contribution in [0.5, 0.6) is 6.01 Å². The van der Waals surface area contributed by atoms with E-state index in [9.17, 15) is 4.79 Å². The second-order valence-corrected chi connectivity index (χ2v) is 5.83. The van der Waals surface area contributed by atoms with Crippen molar-refractivity contribution in [2.45, 2.75) is 33.6 Å². The van der Waals surface area contributed by atoms with Crippen LogP contribution in [0.15, 0.2) is 11.4 Å². The molecule has 2 aromatic rings. The number of aryl methyl sites for hydroxylation is 4. The predicted molar refractivity (Wildman–Crippen MR) is 84.1 cm³/mol. The van der Waals surface area contributed by atoms with Crippen molar-refractivity contribution in [1.29, 1.82) is 0 Å². The lowest BCUT2D eigenvalue weighted by Gasteiger charge is -2.11. The Balaban J connectivity index is 2.01. The van der Waals surface area contributed by atoms with Crippen LogP contribution in [0.4, 0.5) is 5.69 Å². The Morgan fingerprint density at radius 2 is 1.95 bits per heavy atom. The van der Waals surface area contributed by atoms with Gasteiger partial charge in [0.25, 0.3) is 0 Å². The van der Waals surface area contributed by atoms with E-state index in [1.807, 2.05) is 19.2 Å². The third-order valence-electron chi connectivity index (χ3n) is 3.24. The van der Waals surface area contributed by atoms with E-state index in [4.69, 9.17) is 4.74 Å². The molecule has 0 atom stereocenters. The van der Waals surface area contributed by atoms with Gasteiger partial charge >= 0.3 is 6.01 Å². The first-order valence-electron chi connectivity index (χ1n) is 6.73. The van der Waals surface area contributed by atoms with Crippen molar-refractivity contribution in [3.05, 3.63) is 33.3 Å². The maximum Gasteiger partial charge on any atom is 0.316 e. The lowest BCUT2D eigenvalue weighted by Crippen LogP contribution is -2.15. The fourth-order valence-corrected chi connectivity index (χ4v) is 2.96. The highest BCUT2D eigenvalue weighted by molar-refractivity contribution is 7.10. The maximum atomic E-state index is 12.1. The second-order valence-electron chi connectivity index (χ2n) is 4.83. The first-order valence-corrected chi connectivity index (χ1v) is 7.61. The Bertz CT molecular complexity index is 629. The monoisotopic (exact) mass is 305 g/mol. The van der Waals surface area contributed by atoms with E-state index in [-0.39, 0.29) is 5.91 Å². The number of nitrogens with zero attached hydrogens (tertiary/aromatic N) is 2. The third kappa shape index (κ3) is 3.78. The van der Waals surface area contributed by atoms with Gasteiger partial charge in [0.15, 0.2) is 0 Å². The number of carbonyl (C=O) groups is 1. The first kappa shape index (κ1) is 15.4. The van der Waals surface area contributed by atoms with Gasteiger partial charge in [-0.05, 0) is 44.2 Å². The minimum absolute atomic E-state index is 0.0252. The number of hydrogen-bond donors (Lipinski definition) is 1. The number of thiophene rings is 1. The summed E-state index contributed by atoms with van der Waals surface area (Å²) in [5.74, 6) is -0.0252. The zero-order valence-corrected chi connectivity index (χ0v) is 13.5. The molecule has 0 unspecified atom stereocenters. The Morgan fingerprint density at radius 3 is 2.48 bits per heavy atom. The van der Waals surface area contributed by atoms with Crippen molar-refractivity contribution in [3.8, 4) is 6.01 Å². The molecule has 0 bridgehead atoms. The molecular formula is C15H19N3O2S. The lowest BCUT2D eigenvalue weighted by atomic mass is 10.2. The van der Waals surface area contributed by atoms with Crippen LogP contribution in [-0.2, 0) is 11.2 Å². The van der Waals surface area contributed by atoms with Crippen molar-refractivity contribution in [2.24, 2.45) is 0 Å². The molecule has 0 radical (unpaired) electrons. The van der Waals surface area contributed by atoms with Gasteiger partial charge in [0.1, 0.15) is 0 Å². The minimum Gasteiger partial charge on any atom is -0.467 e. The molecule has 0 aromatic carbocycles. The highest BCUT2D eigenvalue weighted by Crippen LogP contribution is 2.21. The first-order chi connectivity index (χ1) is 10.0. The molecule has 2 heterocycles. The summed E-state index contributed by atoms with van der Waals surface area (Å²) in [6.45, 7) is 5.72. The van der Waals surface area contributed by atoms with Crippen LogP contribution in [0.25, 0.3) is 0 Å². The average Bonchev–Trinajstić information content (AvgIpc) is 2.85. The van der Waals surface area contributed by atoms with E-state index < -0.39 is 0 Å². The number of methoxy groups -OCH3 is 1. The zero-order valence-electron chi connectivity index (χ0n) is 12.7. The number of hydrogen-bond acceptors (Lipinski definition) is 5. The number of carbonyl (C=O) groups excluding carboxylic acids is 1. The Morgan fingerprint density at radius 1 is 1.29 bits per heavy atom. The quantitative estimate of drug-likeness (QED) is 0.922. The highest BCUT2D eigenvalue weighted by Gasteiger charge is 2.12. The normalized spacial score (nSPS) is 10.5. The SMILES string of the molecule is COc1nc(C)c(NC(=O)CCc2sccc2C)c(C)n1. The molecule has 6 heteroatoms. The van der Waals surface area contributed by atoms with E-state index >= 15 is 0 Å². The van der Waals surface area contributed by atoms with E-state index in [1.54, 1.807) is 11.3 Å². The van der Waals surface area contributed by atoms with Crippen LogP contribution in [0.2, 0.25) is 0 Å². The smallest absolute Gasteiger partial charge is 0.316 e. The van der Waals surface area contributed by atoms with Crippen LogP contribution in [-0.4, -0.2) is 23.0 Å². The number of ether oxygens (including phenoxy) is 1. The molecular weight excluding hydrogens is 286 g/mol. The molecule has 1 N–H and O–H groups in total. The molecule has 112 valence electrons. The summed E-state index contributed by atoms with van der Waals surface area (Å²) in [6.07, 6.45) is 1.21. The Hall–Kier alpha value is -1.95. The summed E-state index contributed by atoms with van der Waals surface area (Å²) < 4.78 is 5.01. The van der Waals surface area contributed by atoms with Gasteiger partial charge in [-0.25, -0.2) is 0 Å². The van der Waals surface area contributed by atoms with Crippen LogP contribution in [0.1, 0.15) is 28.2 Å². The van der Waals surface area contributed by atoms with Gasteiger partial charge in [0.05, 0.1) is 24.2 Å². The predicted octanol–water partition coefficient (Wildman–Crippen LogP) is 3.04. The van der Waals surface area contributed by atoms with Crippen molar-refractivity contribution in [2.75, 3.05) is 12.4 Å². The topological polar surface area (TPSA) is 64.1 Å². The lowest BCUT2D eigenvalue weighted by molar-refractivity contribution is -0.116. The van der Waals surface area contributed by atoms with Crippen molar-refractivity contribution < 1.29 is 9.53 Å². The van der Waals surface area contributed by atoms with Gasteiger partial charge in [-0.1, -0.05) is 0 Å². The van der Waals surface area contributed by atoms with E-state index in [1.165, 1.54) is 17.6 Å². The molecule has 1 amide bonds. The summed E-state index contributed by atoms with van der Waals surface area (Å²) >= 11 is 1.69. The van der Waals surface area contributed by atoms with Gasteiger partial charge in [-0.2, -0.15) is 9.97 Å². The number of aromatic nitrogens is 2. The van der Waals surface area contributed by atoms with Crippen LogP contribution in [0.3, 0.4) is 0 Å².